The number of carbonyl (C=O) groups is 2. The van der Waals surface area contributed by atoms with Gasteiger partial charge in [-0.1, -0.05) is 25.5 Å². The van der Waals surface area contributed by atoms with Crippen molar-refractivity contribution >= 4 is 29.3 Å². The number of benzene rings is 1. The lowest BCUT2D eigenvalue weighted by Gasteiger charge is -2.11. The predicted octanol–water partition coefficient (Wildman–Crippen LogP) is 3.38. The number of carbonyl (C=O) groups excluding carboxylic acids is 2. The van der Waals surface area contributed by atoms with E-state index in [4.69, 9.17) is 0 Å². The lowest BCUT2D eigenvalue weighted by molar-refractivity contribution is -0.149. The highest BCUT2D eigenvalue weighted by atomic mass is 32.2. The molecule has 0 saturated carbocycles. The average molecular weight is 308 g/mol. The maximum absolute atomic E-state index is 11.5. The number of aryl methyl sites for hydroxylation is 1. The molecule has 0 aliphatic carbocycles. The van der Waals surface area contributed by atoms with E-state index in [1.807, 2.05) is 19.1 Å². The second-order valence-electron chi connectivity index (χ2n) is 5.09. The molecule has 0 radical (unpaired) electrons. The molecule has 0 aliphatic heterocycles. The molecule has 1 rings (SSSR count). The van der Waals surface area contributed by atoms with Crippen molar-refractivity contribution in [3.63, 3.8) is 0 Å². The van der Waals surface area contributed by atoms with E-state index in [0.29, 0.717) is 11.5 Å². The summed E-state index contributed by atoms with van der Waals surface area (Å²) in [6.07, 6.45) is 0.903. The Bertz CT molecular complexity index is 561. The van der Waals surface area contributed by atoms with Crippen molar-refractivity contribution in [3.8, 4) is 0 Å². The SMILES string of the molecule is COC(=O)C(=O)/C=C(\O)c1cc(C)ccc1SCC(C)C. The summed E-state index contributed by atoms with van der Waals surface area (Å²) in [5.41, 5.74) is 1.52. The lowest BCUT2D eigenvalue weighted by atomic mass is 10.1. The first-order valence-corrected chi connectivity index (χ1v) is 7.60. The zero-order valence-electron chi connectivity index (χ0n) is 12.7. The molecule has 21 heavy (non-hydrogen) atoms. The van der Waals surface area contributed by atoms with Gasteiger partial charge in [0, 0.05) is 22.3 Å². The number of rotatable bonds is 6. The quantitative estimate of drug-likeness (QED) is 0.287. The van der Waals surface area contributed by atoms with Gasteiger partial charge in [0.05, 0.1) is 7.11 Å². The molecule has 4 nitrogen and oxygen atoms in total. The maximum atomic E-state index is 11.5. The van der Waals surface area contributed by atoms with Crippen molar-refractivity contribution in [1.82, 2.24) is 0 Å². The first-order valence-electron chi connectivity index (χ1n) is 6.62. The van der Waals surface area contributed by atoms with Crippen LogP contribution in [0, 0.1) is 12.8 Å². The van der Waals surface area contributed by atoms with Crippen LogP contribution in [0.5, 0.6) is 0 Å². The molecule has 0 aromatic heterocycles. The maximum Gasteiger partial charge on any atom is 0.378 e. The molecule has 0 fully saturated rings. The smallest absolute Gasteiger partial charge is 0.378 e. The van der Waals surface area contributed by atoms with Crippen molar-refractivity contribution in [3.05, 3.63) is 35.4 Å². The highest BCUT2D eigenvalue weighted by molar-refractivity contribution is 7.99. The third kappa shape index (κ3) is 5.27. The van der Waals surface area contributed by atoms with E-state index in [2.05, 4.69) is 18.6 Å². The van der Waals surface area contributed by atoms with Gasteiger partial charge in [-0.05, 0) is 25.0 Å². The van der Waals surface area contributed by atoms with Crippen LogP contribution >= 0.6 is 11.8 Å². The molecular weight excluding hydrogens is 288 g/mol. The Morgan fingerprint density at radius 1 is 1.38 bits per heavy atom. The Kier molecular flexibility index (Phi) is 6.49. The number of ether oxygens (including phenoxy) is 1. The van der Waals surface area contributed by atoms with Gasteiger partial charge in [-0.15, -0.1) is 11.8 Å². The van der Waals surface area contributed by atoms with E-state index in [9.17, 15) is 14.7 Å². The van der Waals surface area contributed by atoms with Crippen LogP contribution in [0.2, 0.25) is 0 Å². The van der Waals surface area contributed by atoms with Crippen LogP contribution in [0.4, 0.5) is 0 Å². The normalized spacial score (nSPS) is 11.6. The second-order valence-corrected chi connectivity index (χ2v) is 6.15. The molecule has 0 amide bonds. The number of aliphatic hydroxyl groups is 1. The fraction of sp³-hybridized carbons (Fsp3) is 0.375. The molecule has 0 heterocycles. The first-order chi connectivity index (χ1) is 9.85. The average Bonchev–Trinajstić information content (AvgIpc) is 2.44. The molecular formula is C16H20O4S. The van der Waals surface area contributed by atoms with Crippen molar-refractivity contribution < 1.29 is 19.4 Å². The molecule has 0 spiro atoms. The minimum atomic E-state index is -0.995. The van der Waals surface area contributed by atoms with Gasteiger partial charge in [-0.2, -0.15) is 0 Å². The minimum Gasteiger partial charge on any atom is -0.507 e. The predicted molar refractivity (Wildman–Crippen MR) is 84.4 cm³/mol. The van der Waals surface area contributed by atoms with Gasteiger partial charge in [-0.25, -0.2) is 4.79 Å². The molecule has 1 aromatic rings. The van der Waals surface area contributed by atoms with Gasteiger partial charge in [0.25, 0.3) is 5.78 Å². The molecule has 114 valence electrons. The summed E-state index contributed by atoms with van der Waals surface area (Å²) in [6, 6.07) is 5.64. The number of hydrogen-bond donors (Lipinski definition) is 1. The van der Waals surface area contributed by atoms with Crippen molar-refractivity contribution in [1.29, 1.82) is 0 Å². The van der Waals surface area contributed by atoms with Crippen LogP contribution in [-0.4, -0.2) is 29.7 Å². The summed E-state index contributed by atoms with van der Waals surface area (Å²) < 4.78 is 4.33. The van der Waals surface area contributed by atoms with Crippen LogP contribution in [-0.2, 0) is 14.3 Å². The third-order valence-corrected chi connectivity index (χ3v) is 4.14. The van der Waals surface area contributed by atoms with Crippen LogP contribution in [0.15, 0.2) is 29.2 Å². The number of esters is 1. The summed E-state index contributed by atoms with van der Waals surface area (Å²) in [5, 5.41) is 10.1. The fourth-order valence-corrected chi connectivity index (χ4v) is 2.58. The van der Waals surface area contributed by atoms with E-state index in [1.54, 1.807) is 17.8 Å². The van der Waals surface area contributed by atoms with Gasteiger partial charge in [0.2, 0.25) is 0 Å². The molecule has 0 bridgehead atoms. The van der Waals surface area contributed by atoms with Crippen molar-refractivity contribution in [2.75, 3.05) is 12.9 Å². The van der Waals surface area contributed by atoms with Gasteiger partial charge in [0.15, 0.2) is 0 Å². The molecule has 1 N–H and O–H groups in total. The van der Waals surface area contributed by atoms with Crippen molar-refractivity contribution in [2.45, 2.75) is 25.7 Å². The Labute approximate surface area is 129 Å². The molecule has 5 heteroatoms. The van der Waals surface area contributed by atoms with Gasteiger partial charge in [-0.3, -0.25) is 4.79 Å². The highest BCUT2D eigenvalue weighted by Crippen LogP contribution is 2.29. The Morgan fingerprint density at radius 2 is 2.05 bits per heavy atom. The van der Waals surface area contributed by atoms with Gasteiger partial charge < -0.3 is 9.84 Å². The number of thioether (sulfide) groups is 1. The van der Waals surface area contributed by atoms with E-state index < -0.39 is 11.8 Å². The summed E-state index contributed by atoms with van der Waals surface area (Å²) >= 11 is 1.61. The van der Waals surface area contributed by atoms with E-state index >= 15 is 0 Å². The Balaban J connectivity index is 3.09. The number of aliphatic hydroxyl groups excluding tert-OH is 1. The zero-order valence-corrected chi connectivity index (χ0v) is 13.5. The second kappa shape index (κ2) is 7.88. The van der Waals surface area contributed by atoms with Crippen LogP contribution in [0.25, 0.3) is 5.76 Å². The Morgan fingerprint density at radius 3 is 2.62 bits per heavy atom. The topological polar surface area (TPSA) is 63.6 Å². The third-order valence-electron chi connectivity index (χ3n) is 2.64. The number of ketones is 1. The molecule has 1 aromatic carbocycles. The van der Waals surface area contributed by atoms with Gasteiger partial charge in [0.1, 0.15) is 5.76 Å². The zero-order chi connectivity index (χ0) is 16.0. The summed E-state index contributed by atoms with van der Waals surface area (Å²) in [7, 11) is 1.13. The molecule has 0 saturated heterocycles. The monoisotopic (exact) mass is 308 g/mol. The fourth-order valence-electron chi connectivity index (χ4n) is 1.59. The Hall–Kier alpha value is -1.75. The summed E-state index contributed by atoms with van der Waals surface area (Å²) in [6.45, 7) is 6.12. The summed E-state index contributed by atoms with van der Waals surface area (Å²) in [4.78, 5) is 23.5. The lowest BCUT2D eigenvalue weighted by Crippen LogP contribution is -2.13. The van der Waals surface area contributed by atoms with Crippen molar-refractivity contribution in [2.24, 2.45) is 5.92 Å². The number of methoxy groups -OCH3 is 1. The van der Waals surface area contributed by atoms with Crippen LogP contribution in [0.3, 0.4) is 0 Å². The molecule has 0 atom stereocenters. The minimum absolute atomic E-state index is 0.222. The first kappa shape index (κ1) is 17.3. The number of hydrogen-bond acceptors (Lipinski definition) is 5. The molecule has 0 aliphatic rings. The van der Waals surface area contributed by atoms with Gasteiger partial charge >= 0.3 is 5.97 Å². The van der Waals surface area contributed by atoms with E-state index in [-0.39, 0.29) is 5.76 Å². The van der Waals surface area contributed by atoms with E-state index in [0.717, 1.165) is 29.4 Å². The van der Waals surface area contributed by atoms with E-state index in [1.165, 1.54) is 0 Å². The van der Waals surface area contributed by atoms with Crippen LogP contribution < -0.4 is 0 Å². The summed E-state index contributed by atoms with van der Waals surface area (Å²) in [5.74, 6) is -0.692. The largest absolute Gasteiger partial charge is 0.507 e. The highest BCUT2D eigenvalue weighted by Gasteiger charge is 2.15. The molecule has 0 unspecified atom stereocenters. The van der Waals surface area contributed by atoms with Crippen LogP contribution in [0.1, 0.15) is 25.0 Å². The standard InChI is InChI=1S/C16H20O4S/c1-10(2)9-21-15-6-5-11(3)7-12(15)13(17)8-14(18)16(19)20-4/h5-8,10,17H,9H2,1-4H3/b13-8-.